The minimum absolute atomic E-state index is 0.814. The Morgan fingerprint density at radius 1 is 0.833 bits per heavy atom. The zero-order chi connectivity index (χ0) is 12.4. The van der Waals surface area contributed by atoms with E-state index in [4.69, 9.17) is 0 Å². The second-order valence-electron chi connectivity index (χ2n) is 7.48. The normalized spacial score (nSPS) is 31.2. The fourth-order valence-electron chi connectivity index (χ4n) is 5.70. The molecule has 0 heteroatoms. The van der Waals surface area contributed by atoms with E-state index in [0.717, 1.165) is 23.2 Å². The van der Waals surface area contributed by atoms with Gasteiger partial charge in [0, 0.05) is 0 Å². The Labute approximate surface area is 114 Å². The van der Waals surface area contributed by atoms with Crippen LogP contribution in [-0.2, 0) is 0 Å². The number of hydrogen-bond donors (Lipinski definition) is 0. The molecule has 3 fully saturated rings. The molecule has 0 aromatic carbocycles. The van der Waals surface area contributed by atoms with Crippen LogP contribution in [0.5, 0.6) is 0 Å². The molecule has 1 unspecified atom stereocenters. The SMILES string of the molecule is CCC(C1CCCCC1)C1(C2CC2)CCCCC1. The first kappa shape index (κ1) is 13.0. The highest BCUT2D eigenvalue weighted by molar-refractivity contribution is 5.01. The van der Waals surface area contributed by atoms with Gasteiger partial charge in [-0.3, -0.25) is 0 Å². The van der Waals surface area contributed by atoms with E-state index in [0.29, 0.717) is 0 Å². The van der Waals surface area contributed by atoms with Crippen LogP contribution in [0.1, 0.15) is 90.4 Å². The molecular weight excluding hydrogens is 216 g/mol. The van der Waals surface area contributed by atoms with Gasteiger partial charge in [0.25, 0.3) is 0 Å². The predicted molar refractivity (Wildman–Crippen MR) is 78.6 cm³/mol. The third-order valence-electron chi connectivity index (χ3n) is 6.57. The summed E-state index contributed by atoms with van der Waals surface area (Å²) in [7, 11) is 0. The Hall–Kier alpha value is 0. The maximum Gasteiger partial charge on any atom is -0.0238 e. The van der Waals surface area contributed by atoms with Gasteiger partial charge in [0.2, 0.25) is 0 Å². The number of rotatable bonds is 4. The molecule has 0 N–H and O–H groups in total. The molecule has 104 valence electrons. The first-order valence-electron chi connectivity index (χ1n) is 8.87. The van der Waals surface area contributed by atoms with Gasteiger partial charge < -0.3 is 0 Å². The van der Waals surface area contributed by atoms with Crippen LogP contribution in [0.25, 0.3) is 0 Å². The topological polar surface area (TPSA) is 0 Å². The quantitative estimate of drug-likeness (QED) is 0.576. The van der Waals surface area contributed by atoms with Crippen molar-refractivity contribution in [3.63, 3.8) is 0 Å². The zero-order valence-corrected chi connectivity index (χ0v) is 12.4. The lowest BCUT2D eigenvalue weighted by Gasteiger charge is -2.48. The van der Waals surface area contributed by atoms with Crippen molar-refractivity contribution in [2.75, 3.05) is 0 Å². The molecule has 0 radical (unpaired) electrons. The van der Waals surface area contributed by atoms with Crippen molar-refractivity contribution in [1.82, 2.24) is 0 Å². The third kappa shape index (κ3) is 2.37. The minimum Gasteiger partial charge on any atom is -0.0651 e. The summed E-state index contributed by atoms with van der Waals surface area (Å²) in [4.78, 5) is 0. The lowest BCUT2D eigenvalue weighted by atomic mass is 9.57. The van der Waals surface area contributed by atoms with Crippen molar-refractivity contribution < 1.29 is 0 Å². The summed E-state index contributed by atoms with van der Waals surface area (Å²) in [5.74, 6) is 3.33. The summed E-state index contributed by atoms with van der Waals surface area (Å²) in [5.41, 5.74) is 0.814. The van der Waals surface area contributed by atoms with Crippen LogP contribution in [-0.4, -0.2) is 0 Å². The average Bonchev–Trinajstić information content (AvgIpc) is 3.26. The van der Waals surface area contributed by atoms with Crippen LogP contribution >= 0.6 is 0 Å². The zero-order valence-electron chi connectivity index (χ0n) is 12.4. The third-order valence-corrected chi connectivity index (χ3v) is 6.57. The lowest BCUT2D eigenvalue weighted by molar-refractivity contribution is 0.0137. The highest BCUT2D eigenvalue weighted by Gasteiger charge is 2.51. The summed E-state index contributed by atoms with van der Waals surface area (Å²) < 4.78 is 0. The molecule has 18 heavy (non-hydrogen) atoms. The minimum atomic E-state index is 0.814. The van der Waals surface area contributed by atoms with Gasteiger partial charge in [0.15, 0.2) is 0 Å². The van der Waals surface area contributed by atoms with Crippen LogP contribution in [0, 0.1) is 23.2 Å². The summed E-state index contributed by atoms with van der Waals surface area (Å²) in [6.07, 6.45) is 20.1. The summed E-state index contributed by atoms with van der Waals surface area (Å²) in [6.45, 7) is 2.50. The molecule has 0 amide bonds. The predicted octanol–water partition coefficient (Wildman–Crippen LogP) is 5.95. The van der Waals surface area contributed by atoms with E-state index < -0.39 is 0 Å². The van der Waals surface area contributed by atoms with Gasteiger partial charge >= 0.3 is 0 Å². The van der Waals surface area contributed by atoms with Crippen LogP contribution < -0.4 is 0 Å². The standard InChI is InChI=1S/C18H32/c1-2-17(15-9-5-3-6-10-15)18(16-11-12-16)13-7-4-8-14-18/h15-17H,2-14H2,1H3. The van der Waals surface area contributed by atoms with Crippen LogP contribution in [0.15, 0.2) is 0 Å². The van der Waals surface area contributed by atoms with E-state index in [1.165, 1.54) is 32.1 Å². The van der Waals surface area contributed by atoms with Gasteiger partial charge in [-0.25, -0.2) is 0 Å². The van der Waals surface area contributed by atoms with Gasteiger partial charge in [0.05, 0.1) is 0 Å². The molecule has 0 spiro atoms. The lowest BCUT2D eigenvalue weighted by Crippen LogP contribution is -2.39. The molecule has 3 aliphatic carbocycles. The monoisotopic (exact) mass is 248 g/mol. The van der Waals surface area contributed by atoms with Gasteiger partial charge in [0.1, 0.15) is 0 Å². The van der Waals surface area contributed by atoms with Crippen molar-refractivity contribution in [2.45, 2.75) is 90.4 Å². The molecule has 0 saturated heterocycles. The number of hydrogen-bond acceptors (Lipinski definition) is 0. The molecule has 0 aromatic heterocycles. The summed E-state index contributed by atoms with van der Waals surface area (Å²) in [5, 5.41) is 0. The fraction of sp³-hybridized carbons (Fsp3) is 1.00. The highest BCUT2D eigenvalue weighted by Crippen LogP contribution is 2.61. The van der Waals surface area contributed by atoms with Crippen LogP contribution in [0.3, 0.4) is 0 Å². The van der Waals surface area contributed by atoms with E-state index in [9.17, 15) is 0 Å². The van der Waals surface area contributed by atoms with E-state index in [1.54, 1.807) is 51.4 Å². The Morgan fingerprint density at radius 3 is 2.00 bits per heavy atom. The molecule has 0 nitrogen and oxygen atoms in total. The van der Waals surface area contributed by atoms with E-state index in [1.807, 2.05) is 0 Å². The van der Waals surface area contributed by atoms with Gasteiger partial charge in [-0.2, -0.15) is 0 Å². The van der Waals surface area contributed by atoms with Crippen LogP contribution in [0.4, 0.5) is 0 Å². The molecule has 3 rings (SSSR count). The average molecular weight is 248 g/mol. The van der Waals surface area contributed by atoms with Crippen molar-refractivity contribution in [1.29, 1.82) is 0 Å². The first-order valence-corrected chi connectivity index (χ1v) is 8.87. The van der Waals surface area contributed by atoms with Gasteiger partial charge in [-0.05, 0) is 48.9 Å². The van der Waals surface area contributed by atoms with Crippen molar-refractivity contribution >= 4 is 0 Å². The summed E-state index contributed by atoms with van der Waals surface area (Å²) in [6, 6.07) is 0. The molecule has 0 heterocycles. The molecule has 3 aliphatic rings. The molecule has 0 bridgehead atoms. The Morgan fingerprint density at radius 2 is 1.44 bits per heavy atom. The van der Waals surface area contributed by atoms with Gasteiger partial charge in [-0.1, -0.05) is 64.7 Å². The van der Waals surface area contributed by atoms with Gasteiger partial charge in [-0.15, -0.1) is 0 Å². The molecule has 3 saturated carbocycles. The van der Waals surface area contributed by atoms with Crippen LogP contribution in [0.2, 0.25) is 0 Å². The van der Waals surface area contributed by atoms with Crippen molar-refractivity contribution in [2.24, 2.45) is 23.2 Å². The molecule has 0 aromatic rings. The Balaban J connectivity index is 1.77. The largest absolute Gasteiger partial charge is 0.0651 e. The maximum absolute atomic E-state index is 2.50. The fourth-order valence-corrected chi connectivity index (χ4v) is 5.70. The van der Waals surface area contributed by atoms with E-state index in [2.05, 4.69) is 6.92 Å². The highest BCUT2D eigenvalue weighted by atomic mass is 14.6. The second-order valence-corrected chi connectivity index (χ2v) is 7.48. The Kier molecular flexibility index (Phi) is 4.01. The van der Waals surface area contributed by atoms with Crippen molar-refractivity contribution in [3.05, 3.63) is 0 Å². The smallest absolute Gasteiger partial charge is 0.0238 e. The van der Waals surface area contributed by atoms with Crippen molar-refractivity contribution in [3.8, 4) is 0 Å². The van der Waals surface area contributed by atoms with E-state index in [-0.39, 0.29) is 0 Å². The van der Waals surface area contributed by atoms with E-state index >= 15 is 0 Å². The second kappa shape index (κ2) is 5.55. The molecular formula is C18H32. The summed E-state index contributed by atoms with van der Waals surface area (Å²) >= 11 is 0. The maximum atomic E-state index is 2.50. The first-order chi connectivity index (χ1) is 8.87. The molecule has 1 atom stereocenters. The Bertz CT molecular complexity index is 251. The molecule has 0 aliphatic heterocycles.